The predicted molar refractivity (Wildman–Crippen MR) is 84.6 cm³/mol. The summed E-state index contributed by atoms with van der Waals surface area (Å²) in [4.78, 5) is 23.0. The monoisotopic (exact) mass is 332 g/mol. The number of hydrogen-bond donors (Lipinski definition) is 1. The van der Waals surface area contributed by atoms with Gasteiger partial charge in [0.1, 0.15) is 5.75 Å². The highest BCUT2D eigenvalue weighted by Gasteiger charge is 2.13. The van der Waals surface area contributed by atoms with Gasteiger partial charge in [0, 0.05) is 11.6 Å². The second kappa shape index (κ2) is 7.65. The molecule has 0 unspecified atom stereocenters. The van der Waals surface area contributed by atoms with E-state index in [2.05, 4.69) is 5.32 Å². The van der Waals surface area contributed by atoms with E-state index in [1.807, 2.05) is 6.92 Å². The van der Waals surface area contributed by atoms with Gasteiger partial charge in [0.25, 0.3) is 5.91 Å². The first-order chi connectivity index (χ1) is 11.0. The Morgan fingerprint density at radius 3 is 2.48 bits per heavy atom. The highest BCUT2D eigenvalue weighted by atomic mass is 35.5. The number of carbonyl (C=O) groups excluding carboxylic acids is 2. The second-order valence-corrected chi connectivity index (χ2v) is 5.18. The number of benzene rings is 2. The Labute approximate surface area is 138 Å². The maximum absolute atomic E-state index is 12.3. The van der Waals surface area contributed by atoms with Crippen LogP contribution in [0.4, 0.5) is 0 Å². The second-order valence-electron chi connectivity index (χ2n) is 4.74. The smallest absolute Gasteiger partial charge is 0.255 e. The number of ether oxygens (including phenoxy) is 1. The molecule has 0 radical (unpaired) electrons. The topological polar surface area (TPSA) is 78.5 Å². The molecule has 0 fully saturated rings. The van der Waals surface area contributed by atoms with Crippen molar-refractivity contribution in [2.24, 2.45) is 0 Å². The van der Waals surface area contributed by atoms with E-state index in [0.29, 0.717) is 22.9 Å². The fourth-order valence-electron chi connectivity index (χ4n) is 2.00. The molecule has 120 valence electrons. The van der Waals surface area contributed by atoms with Crippen molar-refractivity contribution in [2.45, 2.75) is 13.5 Å². The van der Waals surface area contributed by atoms with E-state index in [-0.39, 0.29) is 18.0 Å². The Balaban J connectivity index is 2.07. The summed E-state index contributed by atoms with van der Waals surface area (Å²) in [5, 5.41) is 13.9. The van der Waals surface area contributed by atoms with Gasteiger partial charge in [-0.25, -0.2) is 0 Å². The zero-order valence-electron chi connectivity index (χ0n) is 12.5. The maximum Gasteiger partial charge on any atom is 0.255 e. The van der Waals surface area contributed by atoms with E-state index in [4.69, 9.17) is 16.3 Å². The number of rotatable bonds is 6. The van der Waals surface area contributed by atoms with Crippen LogP contribution in [0.1, 0.15) is 33.2 Å². The van der Waals surface area contributed by atoms with Crippen LogP contribution in [0.5, 0.6) is 5.75 Å². The highest BCUT2D eigenvalue weighted by Crippen LogP contribution is 2.23. The molecular formula is C17H15ClNO4-. The summed E-state index contributed by atoms with van der Waals surface area (Å²) in [7, 11) is 0. The molecule has 0 aromatic heterocycles. The SMILES string of the molecule is CCOc1ccc(Cl)cc1C(=O)NCc1ccc(C(=O)[O-])cc1. The lowest BCUT2D eigenvalue weighted by Crippen LogP contribution is -2.24. The number of halogens is 1. The van der Waals surface area contributed by atoms with Crippen molar-refractivity contribution in [1.29, 1.82) is 0 Å². The number of aromatic carboxylic acids is 1. The first-order valence-corrected chi connectivity index (χ1v) is 7.40. The van der Waals surface area contributed by atoms with Crippen LogP contribution in [0.2, 0.25) is 5.02 Å². The minimum Gasteiger partial charge on any atom is -0.545 e. The zero-order valence-corrected chi connectivity index (χ0v) is 13.2. The number of carbonyl (C=O) groups is 2. The molecule has 0 atom stereocenters. The van der Waals surface area contributed by atoms with Crippen molar-refractivity contribution in [2.75, 3.05) is 6.61 Å². The van der Waals surface area contributed by atoms with Crippen LogP contribution >= 0.6 is 11.6 Å². The van der Waals surface area contributed by atoms with Crippen LogP contribution in [-0.2, 0) is 6.54 Å². The molecule has 0 spiro atoms. The quantitative estimate of drug-likeness (QED) is 0.878. The highest BCUT2D eigenvalue weighted by molar-refractivity contribution is 6.31. The van der Waals surface area contributed by atoms with Gasteiger partial charge in [-0.15, -0.1) is 0 Å². The van der Waals surface area contributed by atoms with E-state index in [1.54, 1.807) is 30.3 Å². The molecule has 23 heavy (non-hydrogen) atoms. The lowest BCUT2D eigenvalue weighted by atomic mass is 10.1. The molecule has 5 nitrogen and oxygen atoms in total. The number of nitrogens with one attached hydrogen (secondary N) is 1. The van der Waals surface area contributed by atoms with Crippen LogP contribution < -0.4 is 15.2 Å². The number of amides is 1. The third-order valence-electron chi connectivity index (χ3n) is 3.13. The minimum absolute atomic E-state index is 0.0912. The van der Waals surface area contributed by atoms with E-state index < -0.39 is 5.97 Å². The van der Waals surface area contributed by atoms with Crippen LogP contribution in [0, 0.1) is 0 Å². The Hall–Kier alpha value is -2.53. The molecule has 0 heterocycles. The summed E-state index contributed by atoms with van der Waals surface area (Å²) in [5.41, 5.74) is 1.21. The van der Waals surface area contributed by atoms with Crippen LogP contribution in [0.3, 0.4) is 0 Å². The van der Waals surface area contributed by atoms with Crippen LogP contribution in [0.15, 0.2) is 42.5 Å². The Morgan fingerprint density at radius 1 is 1.17 bits per heavy atom. The predicted octanol–water partition coefficient (Wildman–Crippen LogP) is 2.03. The standard InChI is InChI=1S/C17H16ClNO4/c1-2-23-15-8-7-13(18)9-14(15)16(20)19-10-11-3-5-12(6-4-11)17(21)22/h3-9H,2,10H2,1H3,(H,19,20)(H,21,22)/p-1. The van der Waals surface area contributed by atoms with Gasteiger partial charge in [-0.3, -0.25) is 4.79 Å². The molecule has 0 saturated heterocycles. The van der Waals surface area contributed by atoms with Crippen molar-refractivity contribution in [3.05, 3.63) is 64.2 Å². The molecule has 0 aliphatic heterocycles. The van der Waals surface area contributed by atoms with Crippen molar-refractivity contribution in [3.63, 3.8) is 0 Å². The average Bonchev–Trinajstić information content (AvgIpc) is 2.54. The molecule has 1 amide bonds. The van der Waals surface area contributed by atoms with E-state index in [1.165, 1.54) is 12.1 Å². The Morgan fingerprint density at radius 2 is 1.87 bits per heavy atom. The van der Waals surface area contributed by atoms with Crippen molar-refractivity contribution in [3.8, 4) is 5.75 Å². The van der Waals surface area contributed by atoms with Crippen LogP contribution in [-0.4, -0.2) is 18.5 Å². The van der Waals surface area contributed by atoms with Crippen LogP contribution in [0.25, 0.3) is 0 Å². The summed E-state index contributed by atoms with van der Waals surface area (Å²) >= 11 is 5.93. The molecule has 1 N–H and O–H groups in total. The lowest BCUT2D eigenvalue weighted by Gasteiger charge is -2.11. The maximum atomic E-state index is 12.3. The average molecular weight is 333 g/mol. The van der Waals surface area contributed by atoms with Gasteiger partial charge in [0.05, 0.1) is 18.1 Å². The fourth-order valence-corrected chi connectivity index (χ4v) is 2.17. The largest absolute Gasteiger partial charge is 0.545 e. The van der Waals surface area contributed by atoms with E-state index >= 15 is 0 Å². The fraction of sp³-hybridized carbons (Fsp3) is 0.176. The summed E-state index contributed by atoms with van der Waals surface area (Å²) < 4.78 is 5.42. The third kappa shape index (κ3) is 4.47. The van der Waals surface area contributed by atoms with Gasteiger partial charge in [-0.1, -0.05) is 35.9 Å². The van der Waals surface area contributed by atoms with Gasteiger partial charge < -0.3 is 20.0 Å². The van der Waals surface area contributed by atoms with Crippen molar-refractivity contribution in [1.82, 2.24) is 5.32 Å². The lowest BCUT2D eigenvalue weighted by molar-refractivity contribution is -0.255. The van der Waals surface area contributed by atoms with E-state index in [0.717, 1.165) is 5.56 Å². The first-order valence-electron chi connectivity index (χ1n) is 7.02. The van der Waals surface area contributed by atoms with Gasteiger partial charge >= 0.3 is 0 Å². The third-order valence-corrected chi connectivity index (χ3v) is 3.36. The molecule has 0 bridgehead atoms. The molecule has 2 rings (SSSR count). The molecule has 2 aromatic carbocycles. The summed E-state index contributed by atoms with van der Waals surface area (Å²) in [6, 6.07) is 10.9. The number of carboxylic acid groups (broad SMARTS) is 1. The molecule has 2 aromatic rings. The van der Waals surface area contributed by atoms with Crippen molar-refractivity contribution >= 4 is 23.5 Å². The first kappa shape index (κ1) is 16.8. The summed E-state index contributed by atoms with van der Waals surface area (Å²) in [6.07, 6.45) is 0. The van der Waals surface area contributed by atoms with Gasteiger partial charge in [0.2, 0.25) is 0 Å². The summed E-state index contributed by atoms with van der Waals surface area (Å²) in [6.45, 7) is 2.52. The minimum atomic E-state index is -1.24. The molecule has 0 aliphatic rings. The number of carboxylic acids is 1. The van der Waals surface area contributed by atoms with Gasteiger partial charge in [-0.2, -0.15) is 0 Å². The Kier molecular flexibility index (Phi) is 5.60. The molecular weight excluding hydrogens is 318 g/mol. The normalized spacial score (nSPS) is 10.2. The van der Waals surface area contributed by atoms with Gasteiger partial charge in [-0.05, 0) is 36.2 Å². The molecule has 6 heteroatoms. The molecule has 0 aliphatic carbocycles. The van der Waals surface area contributed by atoms with Gasteiger partial charge in [0.15, 0.2) is 0 Å². The summed E-state index contributed by atoms with van der Waals surface area (Å²) in [5.74, 6) is -1.09. The number of hydrogen-bond acceptors (Lipinski definition) is 4. The Bertz CT molecular complexity index is 713. The molecule has 0 saturated carbocycles. The van der Waals surface area contributed by atoms with E-state index in [9.17, 15) is 14.7 Å². The zero-order chi connectivity index (χ0) is 16.8. The van der Waals surface area contributed by atoms with Crippen molar-refractivity contribution < 1.29 is 19.4 Å².